The molecule has 0 aliphatic heterocycles. The Balaban J connectivity index is 2.26. The van der Waals surface area contributed by atoms with Crippen LogP contribution in [0.2, 0.25) is 5.02 Å². The van der Waals surface area contributed by atoms with Crippen LogP contribution in [-0.4, -0.2) is 20.2 Å². The minimum absolute atomic E-state index is 0.142. The third kappa shape index (κ3) is 2.55. The lowest BCUT2D eigenvalue weighted by Gasteiger charge is -2.08. The van der Waals surface area contributed by atoms with Crippen molar-refractivity contribution in [3.8, 4) is 22.5 Å². The van der Waals surface area contributed by atoms with Gasteiger partial charge in [0.25, 0.3) is 0 Å². The highest BCUT2D eigenvalue weighted by atomic mass is 35.5. The largest absolute Gasteiger partial charge is 0.619 e. The topological polar surface area (TPSA) is 70.5 Å². The van der Waals surface area contributed by atoms with Crippen molar-refractivity contribution in [2.45, 2.75) is 0 Å². The molecule has 2 heterocycles. The average Bonchev–Trinajstić information content (AvgIpc) is 2.83. The van der Waals surface area contributed by atoms with Gasteiger partial charge in [-0.05, 0) is 17.3 Å². The Hall–Kier alpha value is -2.54. The second-order valence-corrected chi connectivity index (χ2v) is 4.80. The van der Waals surface area contributed by atoms with Crippen molar-refractivity contribution in [3.63, 3.8) is 0 Å². The molecule has 0 spiro atoms. The molecule has 0 bridgehead atoms. The van der Waals surface area contributed by atoms with Crippen molar-refractivity contribution >= 4 is 11.6 Å². The van der Waals surface area contributed by atoms with Crippen LogP contribution in [0.3, 0.4) is 0 Å². The first-order chi connectivity index (χ1) is 10.0. The Morgan fingerprint density at radius 1 is 1.33 bits per heavy atom. The molecule has 0 saturated heterocycles. The average molecular weight is 306 g/mol. The van der Waals surface area contributed by atoms with Gasteiger partial charge in [-0.1, -0.05) is 23.7 Å². The Kier molecular flexibility index (Phi) is 3.26. The second-order valence-electron chi connectivity index (χ2n) is 4.37. The van der Waals surface area contributed by atoms with E-state index in [0.717, 1.165) is 0 Å². The van der Waals surface area contributed by atoms with Gasteiger partial charge in [-0.15, -0.1) is 10.2 Å². The standard InChI is InChI=1S/C13H9ClFN5O/c1-19-17-13(16-18-19)12-10(3-2-4-11(12)15)8-5-9(14)7-20(21)6-8/h2-7H,1H3. The second kappa shape index (κ2) is 5.10. The van der Waals surface area contributed by atoms with Crippen molar-refractivity contribution in [2.75, 3.05) is 0 Å². The molecule has 0 N–H and O–H groups in total. The lowest BCUT2D eigenvalue weighted by Crippen LogP contribution is -2.24. The number of nitrogens with zero attached hydrogens (tertiary/aromatic N) is 5. The van der Waals surface area contributed by atoms with E-state index in [-0.39, 0.29) is 16.4 Å². The highest BCUT2D eigenvalue weighted by Gasteiger charge is 2.18. The molecule has 2 aromatic heterocycles. The number of halogens is 2. The summed E-state index contributed by atoms with van der Waals surface area (Å²) in [7, 11) is 1.59. The number of hydrogen-bond acceptors (Lipinski definition) is 4. The molecule has 8 heteroatoms. The first-order valence-electron chi connectivity index (χ1n) is 5.97. The van der Waals surface area contributed by atoms with Gasteiger partial charge in [0.15, 0.2) is 12.4 Å². The molecule has 0 radical (unpaired) electrons. The Morgan fingerprint density at radius 2 is 2.14 bits per heavy atom. The first kappa shape index (κ1) is 13.4. The molecule has 6 nitrogen and oxygen atoms in total. The zero-order valence-electron chi connectivity index (χ0n) is 10.9. The molecule has 3 aromatic rings. The fraction of sp³-hybridized carbons (Fsp3) is 0.0769. The van der Waals surface area contributed by atoms with E-state index in [1.807, 2.05) is 0 Å². The molecular formula is C13H9ClFN5O. The molecule has 0 aliphatic carbocycles. The number of tetrazole rings is 1. The lowest BCUT2D eigenvalue weighted by atomic mass is 10.0. The van der Waals surface area contributed by atoms with Crippen molar-refractivity contribution in [2.24, 2.45) is 7.05 Å². The van der Waals surface area contributed by atoms with Crippen LogP contribution in [0.15, 0.2) is 36.7 Å². The molecular weight excluding hydrogens is 297 g/mol. The third-order valence-corrected chi connectivity index (χ3v) is 3.07. The zero-order chi connectivity index (χ0) is 15.0. The predicted octanol–water partition coefficient (Wildman–Crippen LogP) is 1.97. The van der Waals surface area contributed by atoms with E-state index < -0.39 is 5.82 Å². The molecule has 1 aromatic carbocycles. The minimum Gasteiger partial charge on any atom is -0.619 e. The normalized spacial score (nSPS) is 10.8. The van der Waals surface area contributed by atoms with Crippen LogP contribution >= 0.6 is 11.6 Å². The molecule has 0 aliphatic rings. The summed E-state index contributed by atoms with van der Waals surface area (Å²) >= 11 is 5.88. The highest BCUT2D eigenvalue weighted by molar-refractivity contribution is 6.30. The van der Waals surface area contributed by atoms with Gasteiger partial charge in [-0.25, -0.2) is 4.39 Å². The van der Waals surface area contributed by atoms with Crippen LogP contribution in [0.5, 0.6) is 0 Å². The van der Waals surface area contributed by atoms with Crippen LogP contribution in [0, 0.1) is 11.0 Å². The fourth-order valence-corrected chi connectivity index (χ4v) is 2.26. The Bertz CT molecular complexity index is 800. The fourth-order valence-electron chi connectivity index (χ4n) is 2.04. The lowest BCUT2D eigenvalue weighted by molar-refractivity contribution is -0.604. The molecule has 0 saturated carbocycles. The number of aromatic nitrogens is 5. The maximum atomic E-state index is 14.2. The van der Waals surface area contributed by atoms with Gasteiger partial charge in [0.05, 0.1) is 12.6 Å². The maximum absolute atomic E-state index is 14.2. The van der Waals surface area contributed by atoms with Gasteiger partial charge in [-0.3, -0.25) is 0 Å². The number of rotatable bonds is 2. The summed E-state index contributed by atoms with van der Waals surface area (Å²) in [5, 5.41) is 23.3. The summed E-state index contributed by atoms with van der Waals surface area (Å²) in [5.74, 6) is -0.360. The quantitative estimate of drug-likeness (QED) is 0.536. The highest BCUT2D eigenvalue weighted by Crippen LogP contribution is 2.32. The van der Waals surface area contributed by atoms with Crippen LogP contribution in [0.1, 0.15) is 0 Å². The Labute approximate surface area is 124 Å². The minimum atomic E-state index is -0.502. The first-order valence-corrected chi connectivity index (χ1v) is 6.35. The van der Waals surface area contributed by atoms with Crippen LogP contribution < -0.4 is 4.73 Å². The van der Waals surface area contributed by atoms with Gasteiger partial charge in [-0.2, -0.15) is 9.53 Å². The Morgan fingerprint density at radius 3 is 2.81 bits per heavy atom. The summed E-state index contributed by atoms with van der Waals surface area (Å²) < 4.78 is 14.8. The molecule has 0 fully saturated rings. The van der Waals surface area contributed by atoms with Crippen molar-refractivity contribution in [3.05, 3.63) is 52.7 Å². The summed E-state index contributed by atoms with van der Waals surface area (Å²) in [4.78, 5) is 1.23. The van der Waals surface area contributed by atoms with Crippen LogP contribution in [0.25, 0.3) is 22.5 Å². The van der Waals surface area contributed by atoms with Crippen molar-refractivity contribution in [1.82, 2.24) is 20.2 Å². The smallest absolute Gasteiger partial charge is 0.208 e. The number of benzene rings is 1. The van der Waals surface area contributed by atoms with Crippen LogP contribution in [-0.2, 0) is 7.05 Å². The molecule has 106 valence electrons. The molecule has 3 rings (SSSR count). The SMILES string of the molecule is Cn1nnc(-c2c(F)cccc2-c2cc(Cl)c[n+]([O-])c2)n1. The summed E-state index contributed by atoms with van der Waals surface area (Å²) in [6.45, 7) is 0. The number of hydrogen-bond donors (Lipinski definition) is 0. The monoisotopic (exact) mass is 305 g/mol. The van der Waals surface area contributed by atoms with Gasteiger partial charge in [0.2, 0.25) is 5.82 Å². The number of aryl methyl sites for hydroxylation is 1. The van der Waals surface area contributed by atoms with E-state index in [0.29, 0.717) is 15.9 Å². The van der Waals surface area contributed by atoms with Crippen LogP contribution in [0.4, 0.5) is 4.39 Å². The number of pyridine rings is 1. The van der Waals surface area contributed by atoms with Gasteiger partial charge in [0.1, 0.15) is 10.8 Å². The zero-order valence-corrected chi connectivity index (χ0v) is 11.6. The van der Waals surface area contributed by atoms with E-state index in [2.05, 4.69) is 15.4 Å². The van der Waals surface area contributed by atoms with Crippen molar-refractivity contribution < 1.29 is 9.12 Å². The van der Waals surface area contributed by atoms with Gasteiger partial charge >= 0.3 is 0 Å². The van der Waals surface area contributed by atoms with Gasteiger partial charge < -0.3 is 5.21 Å². The molecule has 0 amide bonds. The van der Waals surface area contributed by atoms with E-state index >= 15 is 0 Å². The summed E-state index contributed by atoms with van der Waals surface area (Å²) in [6.07, 6.45) is 2.52. The maximum Gasteiger partial charge on any atom is 0.208 e. The van der Waals surface area contributed by atoms with E-state index in [1.165, 1.54) is 23.3 Å². The van der Waals surface area contributed by atoms with E-state index in [4.69, 9.17) is 11.6 Å². The predicted molar refractivity (Wildman–Crippen MR) is 73.6 cm³/mol. The van der Waals surface area contributed by atoms with Gasteiger partial charge in [0, 0.05) is 11.1 Å². The molecule has 0 unspecified atom stereocenters. The molecule has 21 heavy (non-hydrogen) atoms. The van der Waals surface area contributed by atoms with E-state index in [1.54, 1.807) is 25.2 Å². The summed E-state index contributed by atoms with van der Waals surface area (Å²) in [6, 6.07) is 6.08. The third-order valence-electron chi connectivity index (χ3n) is 2.87. The summed E-state index contributed by atoms with van der Waals surface area (Å²) in [5.41, 5.74) is 1.11. The molecule has 0 atom stereocenters. The van der Waals surface area contributed by atoms with E-state index in [9.17, 15) is 9.60 Å². The van der Waals surface area contributed by atoms with Crippen molar-refractivity contribution in [1.29, 1.82) is 0 Å².